The van der Waals surface area contributed by atoms with Crippen LogP contribution in [0.3, 0.4) is 0 Å². The Kier molecular flexibility index (Phi) is 6.67. The molecule has 23 heavy (non-hydrogen) atoms. The Bertz CT molecular complexity index is 602. The van der Waals surface area contributed by atoms with Gasteiger partial charge in [-0.05, 0) is 47.8 Å². The normalized spacial score (nSPS) is 20.2. The first kappa shape index (κ1) is 18.5. The summed E-state index contributed by atoms with van der Waals surface area (Å²) in [5, 5.41) is 0. The molecule has 1 aromatic carbocycles. The summed E-state index contributed by atoms with van der Waals surface area (Å²) in [7, 11) is 0. The standard InChI is InChI=1S/C21H28S2/c1-4-5-13-18(16(2)22)21(3,17-11-7-6-8-12-17)19-14-9-10-15-20(19)23/h4-5,9-10,13-15,17,22-23H,1,6-8,11-12H2,2-3H3/b13-5-,18-16-. The minimum absolute atomic E-state index is 0.0654. The molecule has 1 atom stereocenters. The monoisotopic (exact) mass is 344 g/mol. The van der Waals surface area contributed by atoms with E-state index in [2.05, 4.69) is 50.8 Å². The second-order valence-electron chi connectivity index (χ2n) is 6.65. The smallest absolute Gasteiger partial charge is 0.0221 e. The first-order valence-corrected chi connectivity index (χ1v) is 9.39. The van der Waals surface area contributed by atoms with E-state index in [1.165, 1.54) is 43.2 Å². The lowest BCUT2D eigenvalue weighted by molar-refractivity contribution is 0.250. The molecule has 0 saturated heterocycles. The van der Waals surface area contributed by atoms with E-state index in [-0.39, 0.29) is 5.41 Å². The van der Waals surface area contributed by atoms with E-state index in [9.17, 15) is 0 Å². The van der Waals surface area contributed by atoms with Crippen molar-refractivity contribution in [3.8, 4) is 0 Å². The molecule has 0 aromatic heterocycles. The fourth-order valence-electron chi connectivity index (χ4n) is 4.01. The zero-order chi connectivity index (χ0) is 16.9. The highest BCUT2D eigenvalue weighted by Gasteiger charge is 2.40. The van der Waals surface area contributed by atoms with E-state index in [0.717, 1.165) is 9.80 Å². The van der Waals surface area contributed by atoms with Gasteiger partial charge in [0.25, 0.3) is 0 Å². The van der Waals surface area contributed by atoms with Gasteiger partial charge in [-0.15, -0.1) is 25.3 Å². The summed E-state index contributed by atoms with van der Waals surface area (Å²) < 4.78 is 0. The fourth-order valence-corrected chi connectivity index (χ4v) is 4.71. The van der Waals surface area contributed by atoms with E-state index >= 15 is 0 Å². The van der Waals surface area contributed by atoms with Crippen LogP contribution in [0.5, 0.6) is 0 Å². The third-order valence-electron chi connectivity index (χ3n) is 5.23. The number of allylic oxidation sites excluding steroid dienone is 5. The predicted octanol–water partition coefficient (Wildman–Crippen LogP) is 6.76. The molecular formula is C21H28S2. The molecule has 0 spiro atoms. The minimum atomic E-state index is -0.0654. The Labute approximate surface area is 152 Å². The van der Waals surface area contributed by atoms with Gasteiger partial charge in [0.15, 0.2) is 0 Å². The Morgan fingerprint density at radius 1 is 1.22 bits per heavy atom. The molecule has 1 aliphatic carbocycles. The first-order valence-electron chi connectivity index (χ1n) is 8.49. The highest BCUT2D eigenvalue weighted by atomic mass is 32.1. The summed E-state index contributed by atoms with van der Waals surface area (Å²) in [6, 6.07) is 8.51. The van der Waals surface area contributed by atoms with Crippen molar-refractivity contribution < 1.29 is 0 Å². The van der Waals surface area contributed by atoms with Crippen molar-refractivity contribution in [3.05, 3.63) is 65.1 Å². The second kappa shape index (κ2) is 8.30. The number of hydrogen-bond acceptors (Lipinski definition) is 2. The third kappa shape index (κ3) is 3.97. The Morgan fingerprint density at radius 2 is 1.87 bits per heavy atom. The van der Waals surface area contributed by atoms with Gasteiger partial charge in [0.2, 0.25) is 0 Å². The molecule has 1 aromatic rings. The lowest BCUT2D eigenvalue weighted by Crippen LogP contribution is -2.36. The molecule has 2 rings (SSSR count). The number of benzene rings is 1. The van der Waals surface area contributed by atoms with Crippen LogP contribution in [0.1, 0.15) is 51.5 Å². The van der Waals surface area contributed by atoms with Gasteiger partial charge in [-0.1, -0.05) is 69.2 Å². The molecule has 0 nitrogen and oxygen atoms in total. The number of hydrogen-bond donors (Lipinski definition) is 2. The van der Waals surface area contributed by atoms with E-state index in [4.69, 9.17) is 25.3 Å². The molecule has 1 unspecified atom stereocenters. The van der Waals surface area contributed by atoms with Gasteiger partial charge < -0.3 is 0 Å². The largest absolute Gasteiger partial charge is 0.148 e. The predicted molar refractivity (Wildman–Crippen MR) is 109 cm³/mol. The molecule has 0 bridgehead atoms. The maximum atomic E-state index is 4.77. The molecule has 1 fully saturated rings. The number of thiol groups is 2. The van der Waals surface area contributed by atoms with Crippen LogP contribution in [-0.4, -0.2) is 0 Å². The summed E-state index contributed by atoms with van der Waals surface area (Å²) in [6.07, 6.45) is 12.6. The van der Waals surface area contributed by atoms with Crippen LogP contribution < -0.4 is 0 Å². The SMILES string of the molecule is C=C/C=C\C(=C(/C)S)C(C)(c1ccccc1S)C1CCCCC1. The quantitative estimate of drug-likeness (QED) is 0.428. The second-order valence-corrected chi connectivity index (χ2v) is 7.80. The Morgan fingerprint density at radius 3 is 2.43 bits per heavy atom. The van der Waals surface area contributed by atoms with Crippen LogP contribution in [0.2, 0.25) is 0 Å². The van der Waals surface area contributed by atoms with Crippen molar-refractivity contribution in [2.45, 2.75) is 56.3 Å². The van der Waals surface area contributed by atoms with E-state index in [0.29, 0.717) is 5.92 Å². The van der Waals surface area contributed by atoms with Gasteiger partial charge in [-0.2, -0.15) is 0 Å². The third-order valence-corrected chi connectivity index (χ3v) is 5.86. The molecule has 0 N–H and O–H groups in total. The van der Waals surface area contributed by atoms with E-state index in [1.54, 1.807) is 0 Å². The molecule has 2 heteroatoms. The van der Waals surface area contributed by atoms with Crippen molar-refractivity contribution >= 4 is 25.3 Å². The molecule has 0 aliphatic heterocycles. The van der Waals surface area contributed by atoms with Gasteiger partial charge in [0, 0.05) is 10.3 Å². The topological polar surface area (TPSA) is 0 Å². The molecule has 124 valence electrons. The maximum absolute atomic E-state index is 4.77. The van der Waals surface area contributed by atoms with E-state index < -0.39 is 0 Å². The van der Waals surface area contributed by atoms with Crippen LogP contribution in [0.25, 0.3) is 0 Å². The van der Waals surface area contributed by atoms with Crippen molar-refractivity contribution in [3.63, 3.8) is 0 Å². The van der Waals surface area contributed by atoms with Crippen LogP contribution in [-0.2, 0) is 5.41 Å². The molecule has 0 amide bonds. The molecule has 0 heterocycles. The van der Waals surface area contributed by atoms with Crippen LogP contribution in [0.4, 0.5) is 0 Å². The van der Waals surface area contributed by atoms with Crippen molar-refractivity contribution in [1.82, 2.24) is 0 Å². The van der Waals surface area contributed by atoms with Crippen LogP contribution in [0, 0.1) is 5.92 Å². The summed E-state index contributed by atoms with van der Waals surface area (Å²) in [5.74, 6) is 0.621. The minimum Gasteiger partial charge on any atom is -0.148 e. The van der Waals surface area contributed by atoms with Gasteiger partial charge in [0.1, 0.15) is 0 Å². The molecule has 1 saturated carbocycles. The van der Waals surface area contributed by atoms with Crippen molar-refractivity contribution in [1.29, 1.82) is 0 Å². The zero-order valence-electron chi connectivity index (χ0n) is 14.3. The van der Waals surface area contributed by atoms with Gasteiger partial charge in [-0.3, -0.25) is 0 Å². The van der Waals surface area contributed by atoms with Crippen molar-refractivity contribution in [2.75, 3.05) is 0 Å². The maximum Gasteiger partial charge on any atom is 0.0221 e. The van der Waals surface area contributed by atoms with Crippen LogP contribution in [0.15, 0.2) is 64.4 Å². The molecule has 0 radical (unpaired) electrons. The highest BCUT2D eigenvalue weighted by Crippen LogP contribution is 2.49. The fraction of sp³-hybridized carbons (Fsp3) is 0.429. The average molecular weight is 345 g/mol. The van der Waals surface area contributed by atoms with E-state index in [1.807, 2.05) is 12.2 Å². The lowest BCUT2D eigenvalue weighted by Gasteiger charge is -2.43. The van der Waals surface area contributed by atoms with Crippen LogP contribution >= 0.6 is 25.3 Å². The summed E-state index contributed by atoms with van der Waals surface area (Å²) >= 11 is 9.51. The lowest BCUT2D eigenvalue weighted by atomic mass is 9.62. The van der Waals surface area contributed by atoms with Gasteiger partial charge in [0.05, 0.1) is 0 Å². The zero-order valence-corrected chi connectivity index (χ0v) is 16.0. The molecular weight excluding hydrogens is 316 g/mol. The highest BCUT2D eigenvalue weighted by molar-refractivity contribution is 7.84. The van der Waals surface area contributed by atoms with Gasteiger partial charge >= 0.3 is 0 Å². The summed E-state index contributed by atoms with van der Waals surface area (Å²) in [5.41, 5.74) is 2.53. The molecule has 1 aliphatic rings. The van der Waals surface area contributed by atoms with Gasteiger partial charge in [-0.25, -0.2) is 0 Å². The average Bonchev–Trinajstić information content (AvgIpc) is 2.56. The summed E-state index contributed by atoms with van der Waals surface area (Å²) in [6.45, 7) is 8.29. The summed E-state index contributed by atoms with van der Waals surface area (Å²) in [4.78, 5) is 2.15. The number of rotatable bonds is 5. The Balaban J connectivity index is 2.63. The van der Waals surface area contributed by atoms with Crippen molar-refractivity contribution in [2.24, 2.45) is 5.92 Å². The Hall–Kier alpha value is -0.860. The first-order chi connectivity index (χ1) is 11.0.